The zero-order chi connectivity index (χ0) is 8.12. The van der Waals surface area contributed by atoms with E-state index < -0.39 is 6.93 Å². The van der Waals surface area contributed by atoms with Gasteiger partial charge in [-0.2, -0.15) is 0 Å². The van der Waals surface area contributed by atoms with Gasteiger partial charge in [0.05, 0.1) is 0 Å². The number of hydrogen-bond acceptors (Lipinski definition) is 1. The van der Waals surface area contributed by atoms with Gasteiger partial charge in [0.2, 0.25) is 0 Å². The third-order valence-corrected chi connectivity index (χ3v) is 0.236. The van der Waals surface area contributed by atoms with Gasteiger partial charge in [-0.1, -0.05) is 0 Å². The van der Waals surface area contributed by atoms with Crippen LogP contribution in [-0.2, 0) is 0 Å². The molecule has 1 nitrogen and oxygen atoms in total. The summed E-state index contributed by atoms with van der Waals surface area (Å²) in [6, 6.07) is 0. The molecule has 0 spiro atoms. The van der Waals surface area contributed by atoms with E-state index >= 15 is 0 Å². The minimum Gasteiger partial charge on any atom is -0.425 e. The van der Waals surface area contributed by atoms with Gasteiger partial charge in [0.25, 0.3) is 0 Å². The van der Waals surface area contributed by atoms with E-state index in [0.29, 0.717) is 0 Å². The molecule has 0 aromatic rings. The zero-order valence-corrected chi connectivity index (χ0v) is 9.64. The predicted molar refractivity (Wildman–Crippen MR) is 52.6 cm³/mol. The van der Waals surface area contributed by atoms with Gasteiger partial charge in [-0.15, -0.1) is 23.9 Å². The molecule has 0 atom stereocenters. The monoisotopic (exact) mass is 239 g/mol. The molecule has 0 fully saturated rings. The fourth-order valence-corrected chi connectivity index (χ4v) is 0. The van der Waals surface area contributed by atoms with E-state index in [4.69, 9.17) is 5.41 Å². The van der Waals surface area contributed by atoms with Crippen LogP contribution >= 0.6 is 17.0 Å². The van der Waals surface area contributed by atoms with Crippen molar-refractivity contribution in [1.82, 2.24) is 0 Å². The molecule has 0 aromatic heterocycles. The minimum absolute atomic E-state index is 0. The van der Waals surface area contributed by atoms with Crippen molar-refractivity contribution in [2.45, 2.75) is 6.92 Å². The number of hydrogen-bond donors (Lipinski definition) is 1. The number of nitrogens with one attached hydrogen (secondary N) is 1. The van der Waals surface area contributed by atoms with Crippen LogP contribution in [0.1, 0.15) is 6.92 Å². The van der Waals surface area contributed by atoms with Gasteiger partial charge in [-0.3, -0.25) is 0 Å². The first kappa shape index (κ1) is 30.1. The molecular formula is C6H12BrF2MgN. The number of rotatable bonds is 0. The summed E-state index contributed by atoms with van der Waals surface area (Å²) in [4.78, 5) is 0. The fraction of sp³-hybridized carbons (Fsp3) is 0.167. The van der Waals surface area contributed by atoms with Crippen molar-refractivity contribution in [3.8, 4) is 0 Å². The van der Waals surface area contributed by atoms with Crippen LogP contribution < -0.4 is 0 Å². The third-order valence-electron chi connectivity index (χ3n) is 0.236. The summed E-state index contributed by atoms with van der Waals surface area (Å²) in [5.41, 5.74) is 0. The van der Waals surface area contributed by atoms with Crippen molar-refractivity contribution < 1.29 is 8.78 Å². The Morgan fingerprint density at radius 2 is 1.55 bits per heavy atom. The largest absolute Gasteiger partial charge is 2.00 e. The van der Waals surface area contributed by atoms with Crippen molar-refractivity contribution in [3.63, 3.8) is 0 Å². The Kier molecular flexibility index (Phi) is 218. The van der Waals surface area contributed by atoms with E-state index in [-0.39, 0.29) is 40.0 Å². The molecule has 0 aliphatic rings. The second kappa shape index (κ2) is 79.8. The van der Waals surface area contributed by atoms with Crippen molar-refractivity contribution in [1.29, 1.82) is 5.41 Å². The van der Waals surface area contributed by atoms with Gasteiger partial charge in [0.1, 0.15) is 0 Å². The van der Waals surface area contributed by atoms with E-state index in [1.807, 2.05) is 13.0 Å². The molecule has 0 aliphatic carbocycles. The molecule has 64 valence electrons. The summed E-state index contributed by atoms with van der Waals surface area (Å²) in [7, 11) is 0. The quantitative estimate of drug-likeness (QED) is 0.382. The molecule has 0 heterocycles. The average Bonchev–Trinajstić information content (AvgIpc) is 1.94. The van der Waals surface area contributed by atoms with Gasteiger partial charge in [0.15, 0.2) is 0 Å². The molecule has 0 bridgehead atoms. The van der Waals surface area contributed by atoms with Gasteiger partial charge >= 0.3 is 23.1 Å². The van der Waals surface area contributed by atoms with Crippen LogP contribution in [-0.4, -0.2) is 29.8 Å². The molecule has 11 heavy (non-hydrogen) atoms. The molecular weight excluding hydrogens is 228 g/mol. The maximum absolute atomic E-state index is 9.50. The van der Waals surface area contributed by atoms with Crippen molar-refractivity contribution >= 4 is 46.8 Å². The zero-order valence-electron chi connectivity index (χ0n) is 6.52. The SMILES string of the molecule is Br.C=N.F[CH-]F.[CH2-]C=CC.[Mg+2]. The molecule has 0 saturated carbocycles. The summed E-state index contributed by atoms with van der Waals surface area (Å²) in [5, 5.41) is 5.50. The predicted octanol–water partition coefficient (Wildman–Crippen LogP) is 2.90. The van der Waals surface area contributed by atoms with E-state index in [9.17, 15) is 8.78 Å². The Labute approximate surface area is 93.7 Å². The van der Waals surface area contributed by atoms with Crippen LogP contribution in [0.5, 0.6) is 0 Å². The van der Waals surface area contributed by atoms with Crippen molar-refractivity contribution in [2.75, 3.05) is 0 Å². The fourth-order valence-electron chi connectivity index (χ4n) is 0. The molecule has 0 radical (unpaired) electrons. The molecule has 0 saturated heterocycles. The maximum atomic E-state index is 9.50. The second-order valence-corrected chi connectivity index (χ2v) is 0.652. The van der Waals surface area contributed by atoms with Gasteiger partial charge in [-0.25, -0.2) is 19.1 Å². The topological polar surface area (TPSA) is 23.9 Å². The third kappa shape index (κ3) is 380. The van der Waals surface area contributed by atoms with Crippen LogP contribution in [0, 0.1) is 19.3 Å². The molecule has 0 aliphatic heterocycles. The van der Waals surface area contributed by atoms with Crippen molar-refractivity contribution in [3.05, 3.63) is 26.0 Å². The van der Waals surface area contributed by atoms with E-state index in [1.165, 1.54) is 0 Å². The smallest absolute Gasteiger partial charge is 0.425 e. The Hall–Kier alpha value is 0.386. The number of halogens is 3. The summed E-state index contributed by atoms with van der Waals surface area (Å²) in [6.45, 7) is 6.86. The Balaban J connectivity index is -0.0000000158. The summed E-state index contributed by atoms with van der Waals surface area (Å²) in [6.07, 6.45) is 3.64. The summed E-state index contributed by atoms with van der Waals surface area (Å²) in [5.74, 6) is 0. The summed E-state index contributed by atoms with van der Waals surface area (Å²) < 4.78 is 19.0. The van der Waals surface area contributed by atoms with Gasteiger partial charge in [0, 0.05) is 0 Å². The molecule has 0 unspecified atom stereocenters. The van der Waals surface area contributed by atoms with E-state index in [1.54, 1.807) is 6.08 Å². The Morgan fingerprint density at radius 3 is 1.55 bits per heavy atom. The van der Waals surface area contributed by atoms with E-state index in [2.05, 4.69) is 13.6 Å². The van der Waals surface area contributed by atoms with Crippen LogP contribution in [0.2, 0.25) is 0 Å². The van der Waals surface area contributed by atoms with Crippen LogP contribution in [0.4, 0.5) is 8.78 Å². The molecule has 5 heteroatoms. The molecule has 0 amide bonds. The van der Waals surface area contributed by atoms with Gasteiger partial charge in [-0.05, 0) is 13.6 Å². The molecule has 0 rings (SSSR count). The minimum atomic E-state index is -1.00. The Bertz CT molecular complexity index is 51.8. The van der Waals surface area contributed by atoms with E-state index in [0.717, 1.165) is 0 Å². The summed E-state index contributed by atoms with van der Waals surface area (Å²) >= 11 is 0. The first-order valence-corrected chi connectivity index (χ1v) is 2.11. The van der Waals surface area contributed by atoms with Crippen molar-refractivity contribution in [2.24, 2.45) is 0 Å². The first-order chi connectivity index (χ1) is 4.33. The average molecular weight is 240 g/mol. The van der Waals surface area contributed by atoms with Gasteiger partial charge < -0.3 is 14.2 Å². The maximum Gasteiger partial charge on any atom is 2.00 e. The van der Waals surface area contributed by atoms with Crippen LogP contribution in [0.25, 0.3) is 0 Å². The molecule has 1 N–H and O–H groups in total. The number of allylic oxidation sites excluding steroid dienone is 2. The van der Waals surface area contributed by atoms with Crippen LogP contribution in [0.15, 0.2) is 12.2 Å². The molecule has 0 aromatic carbocycles. The standard InChI is InChI=1S/C4H7.CHF2.CH3N.BrH.Mg/c1-3-4-2;2-1-3;1-2;;/h3-4H,1H2,2H3;1H;2H,1H2;1H;/q2*-1;;;+2. The first-order valence-electron chi connectivity index (χ1n) is 2.11. The normalized spacial score (nSPS) is 5.36. The van der Waals surface area contributed by atoms with Crippen LogP contribution in [0.3, 0.4) is 0 Å². The Morgan fingerprint density at radius 1 is 1.45 bits per heavy atom. The second-order valence-electron chi connectivity index (χ2n) is 0.652.